The minimum atomic E-state index is -4.30. The number of sulfonamides is 1. The minimum absolute atomic E-state index is 0.152. The zero-order chi connectivity index (χ0) is 15.0. The van der Waals surface area contributed by atoms with Crippen molar-refractivity contribution < 1.29 is 27.1 Å². The fraction of sp³-hybridized carbons (Fsp3) is 0.417. The van der Waals surface area contributed by atoms with E-state index in [9.17, 15) is 27.1 Å². The van der Waals surface area contributed by atoms with E-state index in [0.717, 1.165) is 0 Å². The zero-order valence-electron chi connectivity index (χ0n) is 10.4. The second-order valence-electron chi connectivity index (χ2n) is 4.81. The van der Waals surface area contributed by atoms with Gasteiger partial charge in [0.2, 0.25) is 10.0 Å². The molecule has 0 aliphatic heterocycles. The van der Waals surface area contributed by atoms with E-state index in [-0.39, 0.29) is 12.8 Å². The SMILES string of the molecule is O=C(O)C1(NS(=O)(=O)c2cc(F)cc(F)c2)CCCC1. The molecule has 110 valence electrons. The molecule has 0 heterocycles. The summed E-state index contributed by atoms with van der Waals surface area (Å²) >= 11 is 0. The lowest BCUT2D eigenvalue weighted by Gasteiger charge is -2.25. The molecule has 0 unspecified atom stereocenters. The zero-order valence-corrected chi connectivity index (χ0v) is 11.2. The normalized spacial score (nSPS) is 18.1. The molecular weight excluding hydrogens is 292 g/mol. The van der Waals surface area contributed by atoms with Crippen molar-refractivity contribution in [2.24, 2.45) is 0 Å². The number of halogens is 2. The van der Waals surface area contributed by atoms with Crippen LogP contribution in [-0.4, -0.2) is 25.0 Å². The molecule has 0 spiro atoms. The molecule has 20 heavy (non-hydrogen) atoms. The van der Waals surface area contributed by atoms with Crippen molar-refractivity contribution in [3.8, 4) is 0 Å². The number of benzene rings is 1. The first-order chi connectivity index (χ1) is 9.25. The first-order valence-corrected chi connectivity index (χ1v) is 7.47. The highest BCUT2D eigenvalue weighted by atomic mass is 32.2. The molecule has 0 saturated heterocycles. The third kappa shape index (κ3) is 2.80. The number of carboxylic acids is 1. The molecular formula is C12H13F2NO4S. The Morgan fingerprint density at radius 3 is 2.10 bits per heavy atom. The summed E-state index contributed by atoms with van der Waals surface area (Å²) < 4.78 is 52.4. The second kappa shape index (κ2) is 5.10. The quantitative estimate of drug-likeness (QED) is 0.886. The predicted molar refractivity (Wildman–Crippen MR) is 65.5 cm³/mol. The topological polar surface area (TPSA) is 83.5 Å². The van der Waals surface area contributed by atoms with Gasteiger partial charge in [-0.25, -0.2) is 17.2 Å². The van der Waals surface area contributed by atoms with Gasteiger partial charge >= 0.3 is 5.97 Å². The van der Waals surface area contributed by atoms with Crippen LogP contribution in [0.3, 0.4) is 0 Å². The molecule has 1 aliphatic carbocycles. The van der Waals surface area contributed by atoms with E-state index >= 15 is 0 Å². The average molecular weight is 305 g/mol. The summed E-state index contributed by atoms with van der Waals surface area (Å²) in [5, 5.41) is 9.21. The molecule has 2 N–H and O–H groups in total. The van der Waals surface area contributed by atoms with Gasteiger partial charge in [-0.15, -0.1) is 0 Å². The smallest absolute Gasteiger partial charge is 0.324 e. The molecule has 2 rings (SSSR count). The number of hydrogen-bond acceptors (Lipinski definition) is 3. The van der Waals surface area contributed by atoms with Gasteiger partial charge in [0.15, 0.2) is 0 Å². The van der Waals surface area contributed by atoms with Crippen LogP contribution >= 0.6 is 0 Å². The Labute approximate surface area is 114 Å². The van der Waals surface area contributed by atoms with Gasteiger partial charge in [-0.05, 0) is 25.0 Å². The van der Waals surface area contributed by atoms with E-state index in [4.69, 9.17) is 0 Å². The van der Waals surface area contributed by atoms with E-state index in [1.807, 2.05) is 0 Å². The summed E-state index contributed by atoms with van der Waals surface area (Å²) in [5.41, 5.74) is -1.60. The van der Waals surface area contributed by atoms with E-state index in [1.165, 1.54) is 0 Å². The lowest BCUT2D eigenvalue weighted by Crippen LogP contribution is -2.52. The molecule has 0 aromatic heterocycles. The van der Waals surface area contributed by atoms with Gasteiger partial charge in [0, 0.05) is 6.07 Å². The predicted octanol–water partition coefficient (Wildman–Crippen LogP) is 1.64. The molecule has 1 aromatic carbocycles. The molecule has 1 aliphatic rings. The van der Waals surface area contributed by atoms with Crippen LogP contribution < -0.4 is 4.72 Å². The molecule has 0 bridgehead atoms. The Balaban J connectivity index is 2.38. The fourth-order valence-electron chi connectivity index (χ4n) is 2.34. The van der Waals surface area contributed by atoms with Crippen molar-refractivity contribution in [2.45, 2.75) is 36.1 Å². The summed E-state index contributed by atoms with van der Waals surface area (Å²) in [6, 6.07) is 1.84. The Morgan fingerprint density at radius 1 is 1.15 bits per heavy atom. The van der Waals surface area contributed by atoms with Crippen LogP contribution in [0.1, 0.15) is 25.7 Å². The third-order valence-electron chi connectivity index (χ3n) is 3.34. The highest BCUT2D eigenvalue weighted by Gasteiger charge is 2.44. The van der Waals surface area contributed by atoms with Gasteiger partial charge in [-0.3, -0.25) is 4.79 Å². The molecule has 0 amide bonds. The fourth-order valence-corrected chi connectivity index (χ4v) is 3.80. The van der Waals surface area contributed by atoms with E-state index in [1.54, 1.807) is 0 Å². The van der Waals surface area contributed by atoms with Gasteiger partial charge in [0.1, 0.15) is 17.2 Å². The van der Waals surface area contributed by atoms with Crippen LogP contribution in [0.25, 0.3) is 0 Å². The summed E-state index contributed by atoms with van der Waals surface area (Å²) in [4.78, 5) is 10.7. The van der Waals surface area contributed by atoms with Crippen molar-refractivity contribution in [2.75, 3.05) is 0 Å². The first-order valence-electron chi connectivity index (χ1n) is 5.99. The minimum Gasteiger partial charge on any atom is -0.480 e. The van der Waals surface area contributed by atoms with E-state index < -0.39 is 38.1 Å². The number of carboxylic acid groups (broad SMARTS) is 1. The summed E-state index contributed by atoms with van der Waals surface area (Å²) in [7, 11) is -4.30. The van der Waals surface area contributed by atoms with Crippen LogP contribution in [0.2, 0.25) is 0 Å². The lowest BCUT2D eigenvalue weighted by molar-refractivity contribution is -0.143. The van der Waals surface area contributed by atoms with E-state index in [0.29, 0.717) is 31.0 Å². The maximum atomic E-state index is 13.1. The molecule has 1 fully saturated rings. The van der Waals surface area contributed by atoms with Gasteiger partial charge < -0.3 is 5.11 Å². The Kier molecular flexibility index (Phi) is 3.79. The van der Waals surface area contributed by atoms with Gasteiger partial charge in [0.25, 0.3) is 0 Å². The number of rotatable bonds is 4. The second-order valence-corrected chi connectivity index (χ2v) is 6.49. The molecule has 8 heteroatoms. The van der Waals surface area contributed by atoms with Gasteiger partial charge in [-0.2, -0.15) is 4.72 Å². The molecule has 5 nitrogen and oxygen atoms in total. The number of carbonyl (C=O) groups is 1. The first kappa shape index (κ1) is 14.9. The monoisotopic (exact) mass is 305 g/mol. The molecule has 0 atom stereocenters. The van der Waals surface area contributed by atoms with Gasteiger partial charge in [-0.1, -0.05) is 12.8 Å². The van der Waals surface area contributed by atoms with Crippen LogP contribution in [-0.2, 0) is 14.8 Å². The van der Waals surface area contributed by atoms with Crippen molar-refractivity contribution in [1.29, 1.82) is 0 Å². The Hall–Kier alpha value is -1.54. The van der Waals surface area contributed by atoms with Crippen LogP contribution in [0.4, 0.5) is 8.78 Å². The van der Waals surface area contributed by atoms with Crippen LogP contribution in [0, 0.1) is 11.6 Å². The summed E-state index contributed by atoms with van der Waals surface area (Å²) in [5.74, 6) is -3.36. The van der Waals surface area contributed by atoms with E-state index in [2.05, 4.69) is 4.72 Å². The number of hydrogen-bond donors (Lipinski definition) is 2. The standard InChI is InChI=1S/C12H13F2NO4S/c13-8-5-9(14)7-10(6-8)20(18,19)15-12(11(16)17)3-1-2-4-12/h5-7,15H,1-4H2,(H,16,17). The third-order valence-corrected chi connectivity index (χ3v) is 4.86. The number of aliphatic carboxylic acids is 1. The van der Waals surface area contributed by atoms with Crippen molar-refractivity contribution in [3.63, 3.8) is 0 Å². The highest BCUT2D eigenvalue weighted by molar-refractivity contribution is 7.89. The average Bonchev–Trinajstić information content (AvgIpc) is 2.76. The molecule has 0 radical (unpaired) electrons. The van der Waals surface area contributed by atoms with Crippen molar-refractivity contribution in [3.05, 3.63) is 29.8 Å². The Bertz CT molecular complexity index is 619. The number of nitrogens with one attached hydrogen (secondary N) is 1. The van der Waals surface area contributed by atoms with Crippen molar-refractivity contribution >= 4 is 16.0 Å². The highest BCUT2D eigenvalue weighted by Crippen LogP contribution is 2.31. The summed E-state index contributed by atoms with van der Waals surface area (Å²) in [6.07, 6.45) is 1.46. The van der Waals surface area contributed by atoms with Crippen molar-refractivity contribution in [1.82, 2.24) is 4.72 Å². The molecule has 1 aromatic rings. The maximum Gasteiger partial charge on any atom is 0.324 e. The van der Waals surface area contributed by atoms with Crippen LogP contribution in [0.5, 0.6) is 0 Å². The maximum absolute atomic E-state index is 13.1. The largest absolute Gasteiger partial charge is 0.480 e. The molecule has 1 saturated carbocycles. The van der Waals surface area contributed by atoms with Crippen LogP contribution in [0.15, 0.2) is 23.1 Å². The van der Waals surface area contributed by atoms with Gasteiger partial charge in [0.05, 0.1) is 4.90 Å². The lowest BCUT2D eigenvalue weighted by atomic mass is 10.0. The summed E-state index contributed by atoms with van der Waals surface area (Å²) in [6.45, 7) is 0. The Morgan fingerprint density at radius 2 is 1.65 bits per heavy atom.